The van der Waals surface area contributed by atoms with Crippen molar-refractivity contribution in [3.8, 4) is 5.75 Å². The van der Waals surface area contributed by atoms with E-state index < -0.39 is 0 Å². The molecule has 0 aliphatic heterocycles. The summed E-state index contributed by atoms with van der Waals surface area (Å²) in [6.45, 7) is 2.14. The third-order valence-electron chi connectivity index (χ3n) is 2.39. The number of rotatable bonds is 2. The Morgan fingerprint density at radius 1 is 1.43 bits per heavy atom. The Balaban J connectivity index is 2.80. The number of nitrogen functional groups attached to an aromatic ring is 1. The topological polar surface area (TPSA) is 35.2 Å². The molecule has 0 atom stereocenters. The smallest absolute Gasteiger partial charge is 0.136 e. The molecule has 3 heteroatoms. The molecule has 14 heavy (non-hydrogen) atoms. The number of benzene rings is 1. The molecule has 0 saturated carbocycles. The summed E-state index contributed by atoms with van der Waals surface area (Å²) in [5, 5.41) is 3.32. The fourth-order valence-corrected chi connectivity index (χ4v) is 2.82. The van der Waals surface area contributed by atoms with Gasteiger partial charge in [-0.05, 0) is 29.5 Å². The predicted molar refractivity (Wildman–Crippen MR) is 62.2 cm³/mol. The molecule has 0 saturated heterocycles. The first-order valence-electron chi connectivity index (χ1n) is 4.60. The molecular formula is C11H13NOS. The van der Waals surface area contributed by atoms with E-state index in [4.69, 9.17) is 10.5 Å². The maximum Gasteiger partial charge on any atom is 0.136 e. The van der Waals surface area contributed by atoms with Gasteiger partial charge in [-0.1, -0.05) is 6.92 Å². The first kappa shape index (κ1) is 9.34. The summed E-state index contributed by atoms with van der Waals surface area (Å²) in [6.07, 6.45) is 1.01. The van der Waals surface area contributed by atoms with Crippen LogP contribution < -0.4 is 10.5 Å². The van der Waals surface area contributed by atoms with Gasteiger partial charge in [0, 0.05) is 11.1 Å². The fraction of sp³-hybridized carbons (Fsp3) is 0.273. The van der Waals surface area contributed by atoms with Crippen molar-refractivity contribution in [2.45, 2.75) is 13.3 Å². The van der Waals surface area contributed by atoms with Crippen LogP contribution in [-0.4, -0.2) is 7.11 Å². The largest absolute Gasteiger partial charge is 0.495 e. The monoisotopic (exact) mass is 207 g/mol. The summed E-state index contributed by atoms with van der Waals surface area (Å²) in [5.74, 6) is 0.916. The zero-order valence-corrected chi connectivity index (χ0v) is 9.15. The van der Waals surface area contributed by atoms with Crippen LogP contribution in [0.5, 0.6) is 5.75 Å². The van der Waals surface area contributed by atoms with Gasteiger partial charge in [0.25, 0.3) is 0 Å². The van der Waals surface area contributed by atoms with Gasteiger partial charge in [-0.3, -0.25) is 0 Å². The van der Waals surface area contributed by atoms with Crippen LogP contribution in [0.15, 0.2) is 17.5 Å². The summed E-state index contributed by atoms with van der Waals surface area (Å²) >= 11 is 1.70. The van der Waals surface area contributed by atoms with Crippen LogP contribution in [0.4, 0.5) is 5.69 Å². The molecule has 2 aromatic rings. The molecule has 0 radical (unpaired) electrons. The number of thiophene rings is 1. The number of methoxy groups -OCH3 is 1. The first-order valence-corrected chi connectivity index (χ1v) is 5.48. The second-order valence-corrected chi connectivity index (χ2v) is 4.06. The molecule has 0 fully saturated rings. The molecular weight excluding hydrogens is 194 g/mol. The van der Waals surface area contributed by atoms with Crippen LogP contribution in [0.25, 0.3) is 10.1 Å². The lowest BCUT2D eigenvalue weighted by atomic mass is 10.1. The number of ether oxygens (including phenoxy) is 1. The number of nitrogens with two attached hydrogens (primary N) is 1. The van der Waals surface area contributed by atoms with E-state index in [0.717, 1.165) is 27.9 Å². The minimum Gasteiger partial charge on any atom is -0.495 e. The fourth-order valence-electron chi connectivity index (χ4n) is 1.64. The number of anilines is 1. The SMILES string of the molecule is CCc1csc2c(OC)ccc(N)c12. The van der Waals surface area contributed by atoms with Gasteiger partial charge in [-0.2, -0.15) is 0 Å². The third kappa shape index (κ3) is 1.24. The Morgan fingerprint density at radius 3 is 2.86 bits per heavy atom. The minimum atomic E-state index is 0.846. The number of hydrogen-bond donors (Lipinski definition) is 1. The standard InChI is InChI=1S/C11H13NOS/c1-3-7-6-14-11-9(13-2)5-4-8(12)10(7)11/h4-6H,3,12H2,1-2H3. The van der Waals surface area contributed by atoms with Crippen molar-refractivity contribution in [3.05, 3.63) is 23.1 Å². The Morgan fingerprint density at radius 2 is 2.21 bits per heavy atom. The van der Waals surface area contributed by atoms with E-state index in [-0.39, 0.29) is 0 Å². The van der Waals surface area contributed by atoms with E-state index >= 15 is 0 Å². The van der Waals surface area contributed by atoms with Gasteiger partial charge in [0.15, 0.2) is 0 Å². The zero-order valence-electron chi connectivity index (χ0n) is 8.33. The lowest BCUT2D eigenvalue weighted by Crippen LogP contribution is -1.90. The van der Waals surface area contributed by atoms with Crippen LogP contribution in [0.3, 0.4) is 0 Å². The maximum atomic E-state index is 5.95. The quantitative estimate of drug-likeness (QED) is 0.768. The van der Waals surface area contributed by atoms with Gasteiger partial charge >= 0.3 is 0 Å². The van der Waals surface area contributed by atoms with Crippen molar-refractivity contribution in [2.24, 2.45) is 0 Å². The summed E-state index contributed by atoms with van der Waals surface area (Å²) in [5.41, 5.74) is 8.10. The average molecular weight is 207 g/mol. The highest BCUT2D eigenvalue weighted by atomic mass is 32.1. The van der Waals surface area contributed by atoms with Crippen LogP contribution in [-0.2, 0) is 6.42 Å². The molecule has 74 valence electrons. The molecule has 0 bridgehead atoms. The Labute approximate surface area is 87.3 Å². The maximum absolute atomic E-state index is 5.95. The van der Waals surface area contributed by atoms with Gasteiger partial charge < -0.3 is 10.5 Å². The molecule has 0 aliphatic rings. The van der Waals surface area contributed by atoms with Gasteiger partial charge in [0.1, 0.15) is 5.75 Å². The molecule has 2 rings (SSSR count). The highest BCUT2D eigenvalue weighted by Gasteiger charge is 2.09. The minimum absolute atomic E-state index is 0.846. The second kappa shape index (κ2) is 3.50. The van der Waals surface area contributed by atoms with E-state index in [2.05, 4.69) is 12.3 Å². The Kier molecular flexibility index (Phi) is 2.33. The highest BCUT2D eigenvalue weighted by Crippen LogP contribution is 2.37. The van der Waals surface area contributed by atoms with Gasteiger partial charge in [-0.15, -0.1) is 11.3 Å². The van der Waals surface area contributed by atoms with E-state index in [1.807, 2.05) is 12.1 Å². The van der Waals surface area contributed by atoms with Crippen LogP contribution in [0.1, 0.15) is 12.5 Å². The van der Waals surface area contributed by atoms with Gasteiger partial charge in [0.2, 0.25) is 0 Å². The molecule has 0 unspecified atom stereocenters. The highest BCUT2D eigenvalue weighted by molar-refractivity contribution is 7.17. The predicted octanol–water partition coefficient (Wildman–Crippen LogP) is 3.05. The molecule has 0 spiro atoms. The number of aryl methyl sites for hydroxylation is 1. The van der Waals surface area contributed by atoms with Crippen LogP contribution in [0, 0.1) is 0 Å². The molecule has 1 aromatic carbocycles. The molecule has 1 heterocycles. The summed E-state index contributed by atoms with van der Waals surface area (Å²) in [4.78, 5) is 0. The van der Waals surface area contributed by atoms with Crippen molar-refractivity contribution >= 4 is 27.1 Å². The zero-order chi connectivity index (χ0) is 10.1. The first-order chi connectivity index (χ1) is 6.77. The van der Waals surface area contributed by atoms with E-state index in [1.165, 1.54) is 5.56 Å². The Bertz CT molecular complexity index is 462. The van der Waals surface area contributed by atoms with Crippen molar-refractivity contribution in [3.63, 3.8) is 0 Å². The van der Waals surface area contributed by atoms with Crippen molar-refractivity contribution < 1.29 is 4.74 Å². The lowest BCUT2D eigenvalue weighted by molar-refractivity contribution is 0.420. The third-order valence-corrected chi connectivity index (χ3v) is 3.44. The van der Waals surface area contributed by atoms with Crippen molar-refractivity contribution in [1.29, 1.82) is 0 Å². The molecule has 2 N–H and O–H groups in total. The van der Waals surface area contributed by atoms with Crippen molar-refractivity contribution in [1.82, 2.24) is 0 Å². The molecule has 0 aliphatic carbocycles. The second-order valence-electron chi connectivity index (χ2n) is 3.18. The lowest BCUT2D eigenvalue weighted by Gasteiger charge is -2.04. The summed E-state index contributed by atoms with van der Waals surface area (Å²) in [7, 11) is 1.69. The molecule has 2 nitrogen and oxygen atoms in total. The summed E-state index contributed by atoms with van der Waals surface area (Å²) in [6, 6.07) is 3.83. The average Bonchev–Trinajstić information content (AvgIpc) is 2.63. The molecule has 0 amide bonds. The normalized spacial score (nSPS) is 10.7. The van der Waals surface area contributed by atoms with E-state index in [0.29, 0.717) is 0 Å². The number of fused-ring (bicyclic) bond motifs is 1. The Hall–Kier alpha value is -1.22. The van der Waals surface area contributed by atoms with Crippen molar-refractivity contribution in [2.75, 3.05) is 12.8 Å². The van der Waals surface area contributed by atoms with Crippen LogP contribution >= 0.6 is 11.3 Å². The molecule has 1 aromatic heterocycles. The van der Waals surface area contributed by atoms with Gasteiger partial charge in [-0.25, -0.2) is 0 Å². The van der Waals surface area contributed by atoms with E-state index in [1.54, 1.807) is 18.4 Å². The van der Waals surface area contributed by atoms with Gasteiger partial charge in [0.05, 0.1) is 11.8 Å². The summed E-state index contributed by atoms with van der Waals surface area (Å²) < 4.78 is 6.45. The number of hydrogen-bond acceptors (Lipinski definition) is 3. The van der Waals surface area contributed by atoms with E-state index in [9.17, 15) is 0 Å². The van der Waals surface area contributed by atoms with Crippen LogP contribution in [0.2, 0.25) is 0 Å².